The Morgan fingerprint density at radius 1 is 1.37 bits per heavy atom. The topological polar surface area (TPSA) is 46.1 Å². The molecule has 4 nitrogen and oxygen atoms in total. The van der Waals surface area contributed by atoms with Crippen LogP contribution in [0.4, 0.5) is 13.2 Å². The second-order valence-corrected chi connectivity index (χ2v) is 5.04. The summed E-state index contributed by atoms with van der Waals surface area (Å²) in [4.78, 5) is 20.6. The number of alkyl halides is 3. The summed E-state index contributed by atoms with van der Waals surface area (Å²) in [5.74, 6) is -0.00934. The predicted molar refractivity (Wildman–Crippen MR) is 63.6 cm³/mol. The minimum Gasteiger partial charge on any atom is -0.342 e. The number of carbonyl (C=O) groups excluding carboxylic acids is 1. The standard InChI is InChI=1S/C11H12F3N3OS/c12-11(13,14)8-3-4-15-10(16-8)19-7-9(18)17-5-1-2-6-17/h3-4H,1-2,5-7H2. The summed E-state index contributed by atoms with van der Waals surface area (Å²) in [6.45, 7) is 1.45. The average Bonchev–Trinajstić information content (AvgIpc) is 2.89. The van der Waals surface area contributed by atoms with Crippen LogP contribution in [-0.4, -0.2) is 39.6 Å². The summed E-state index contributed by atoms with van der Waals surface area (Å²) in [7, 11) is 0. The number of aromatic nitrogens is 2. The predicted octanol–water partition coefficient (Wildman–Crippen LogP) is 2.21. The maximum Gasteiger partial charge on any atom is 0.433 e. The van der Waals surface area contributed by atoms with Gasteiger partial charge in [0, 0.05) is 19.3 Å². The van der Waals surface area contributed by atoms with E-state index in [4.69, 9.17) is 0 Å². The van der Waals surface area contributed by atoms with Crippen molar-refractivity contribution in [2.45, 2.75) is 24.2 Å². The summed E-state index contributed by atoms with van der Waals surface area (Å²) < 4.78 is 37.3. The van der Waals surface area contributed by atoms with Crippen LogP contribution in [0.2, 0.25) is 0 Å². The van der Waals surface area contributed by atoms with Crippen LogP contribution in [0.3, 0.4) is 0 Å². The van der Waals surface area contributed by atoms with Crippen LogP contribution in [0.1, 0.15) is 18.5 Å². The molecule has 2 heterocycles. The van der Waals surface area contributed by atoms with E-state index in [1.807, 2.05) is 0 Å². The Hall–Kier alpha value is -1.31. The molecule has 19 heavy (non-hydrogen) atoms. The number of amides is 1. The van der Waals surface area contributed by atoms with E-state index in [-0.39, 0.29) is 16.8 Å². The van der Waals surface area contributed by atoms with Crippen molar-refractivity contribution in [1.29, 1.82) is 0 Å². The van der Waals surface area contributed by atoms with Gasteiger partial charge in [0.25, 0.3) is 0 Å². The quantitative estimate of drug-likeness (QED) is 0.633. The van der Waals surface area contributed by atoms with Gasteiger partial charge in [-0.15, -0.1) is 0 Å². The molecule has 0 spiro atoms. The van der Waals surface area contributed by atoms with E-state index in [9.17, 15) is 18.0 Å². The zero-order chi connectivity index (χ0) is 13.9. The minimum absolute atomic E-state index is 0.0256. The molecule has 1 aliphatic rings. The molecule has 0 bridgehead atoms. The molecular formula is C11H12F3N3OS. The third-order valence-corrected chi connectivity index (χ3v) is 3.55. The first-order valence-corrected chi connectivity index (χ1v) is 6.76. The van der Waals surface area contributed by atoms with Crippen LogP contribution in [0.15, 0.2) is 17.4 Å². The first kappa shape index (κ1) is 14.1. The van der Waals surface area contributed by atoms with Gasteiger partial charge < -0.3 is 4.90 Å². The SMILES string of the molecule is O=C(CSc1nccc(C(F)(F)F)n1)N1CCCC1. The molecule has 0 N–H and O–H groups in total. The number of nitrogens with zero attached hydrogens (tertiary/aromatic N) is 3. The van der Waals surface area contributed by atoms with Crippen LogP contribution in [0.5, 0.6) is 0 Å². The fraction of sp³-hybridized carbons (Fsp3) is 0.545. The van der Waals surface area contributed by atoms with Gasteiger partial charge in [0.05, 0.1) is 5.75 Å². The fourth-order valence-electron chi connectivity index (χ4n) is 1.75. The summed E-state index contributed by atoms with van der Waals surface area (Å²) >= 11 is 0.932. The molecular weight excluding hydrogens is 279 g/mol. The summed E-state index contributed by atoms with van der Waals surface area (Å²) in [5.41, 5.74) is -0.987. The maximum atomic E-state index is 12.4. The first-order chi connectivity index (χ1) is 8.97. The number of hydrogen-bond donors (Lipinski definition) is 0. The van der Waals surface area contributed by atoms with Crippen LogP contribution in [-0.2, 0) is 11.0 Å². The molecule has 0 atom stereocenters. The lowest BCUT2D eigenvalue weighted by atomic mass is 10.4. The molecule has 1 aromatic heterocycles. The van der Waals surface area contributed by atoms with Gasteiger partial charge in [-0.2, -0.15) is 13.2 Å². The maximum absolute atomic E-state index is 12.4. The van der Waals surface area contributed by atoms with Gasteiger partial charge in [-0.25, -0.2) is 9.97 Å². The molecule has 0 saturated carbocycles. The minimum atomic E-state index is -4.49. The lowest BCUT2D eigenvalue weighted by Crippen LogP contribution is -2.29. The molecule has 1 aromatic rings. The Bertz CT molecular complexity index is 461. The zero-order valence-electron chi connectivity index (χ0n) is 9.98. The molecule has 8 heteroatoms. The highest BCUT2D eigenvalue weighted by atomic mass is 32.2. The van der Waals surface area contributed by atoms with Gasteiger partial charge in [0.15, 0.2) is 5.16 Å². The molecule has 1 fully saturated rings. The Balaban J connectivity index is 1.94. The largest absolute Gasteiger partial charge is 0.433 e. The second kappa shape index (κ2) is 5.77. The Morgan fingerprint density at radius 2 is 2.05 bits per heavy atom. The highest BCUT2D eigenvalue weighted by molar-refractivity contribution is 7.99. The Labute approximate surface area is 112 Å². The van der Waals surface area contributed by atoms with E-state index in [1.54, 1.807) is 4.90 Å². The fourth-order valence-corrected chi connectivity index (χ4v) is 2.49. The van der Waals surface area contributed by atoms with Gasteiger partial charge in [-0.05, 0) is 18.9 Å². The smallest absolute Gasteiger partial charge is 0.342 e. The van der Waals surface area contributed by atoms with E-state index < -0.39 is 11.9 Å². The second-order valence-electron chi connectivity index (χ2n) is 4.10. The van der Waals surface area contributed by atoms with Gasteiger partial charge in [-0.3, -0.25) is 4.79 Å². The molecule has 1 saturated heterocycles. The average molecular weight is 291 g/mol. The lowest BCUT2D eigenvalue weighted by molar-refractivity contribution is -0.141. The van der Waals surface area contributed by atoms with E-state index in [0.29, 0.717) is 0 Å². The third-order valence-electron chi connectivity index (χ3n) is 2.71. The molecule has 0 radical (unpaired) electrons. The zero-order valence-corrected chi connectivity index (χ0v) is 10.8. The molecule has 0 aromatic carbocycles. The number of thioether (sulfide) groups is 1. The Kier molecular flexibility index (Phi) is 4.28. The van der Waals surface area contributed by atoms with Gasteiger partial charge in [0.2, 0.25) is 5.91 Å². The highest BCUT2D eigenvalue weighted by Crippen LogP contribution is 2.28. The third kappa shape index (κ3) is 3.82. The highest BCUT2D eigenvalue weighted by Gasteiger charge is 2.32. The molecule has 104 valence electrons. The number of rotatable bonds is 3. The molecule has 2 rings (SSSR count). The lowest BCUT2D eigenvalue weighted by Gasteiger charge is -2.14. The van der Waals surface area contributed by atoms with Crippen molar-refractivity contribution in [3.63, 3.8) is 0 Å². The monoisotopic (exact) mass is 291 g/mol. The molecule has 1 amide bonds. The summed E-state index contributed by atoms with van der Waals surface area (Å²) in [6.07, 6.45) is -1.47. The molecule has 0 aliphatic carbocycles. The van der Waals surface area contributed by atoms with E-state index in [0.717, 1.165) is 50.0 Å². The van der Waals surface area contributed by atoms with E-state index in [1.165, 1.54) is 0 Å². The first-order valence-electron chi connectivity index (χ1n) is 5.77. The van der Waals surface area contributed by atoms with Crippen LogP contribution < -0.4 is 0 Å². The van der Waals surface area contributed by atoms with Crippen molar-refractivity contribution in [2.24, 2.45) is 0 Å². The van der Waals surface area contributed by atoms with E-state index >= 15 is 0 Å². The van der Waals surface area contributed by atoms with Crippen molar-refractivity contribution in [1.82, 2.24) is 14.9 Å². The van der Waals surface area contributed by atoms with Crippen molar-refractivity contribution < 1.29 is 18.0 Å². The number of likely N-dealkylation sites (tertiary alicyclic amines) is 1. The van der Waals surface area contributed by atoms with Crippen LogP contribution in [0.25, 0.3) is 0 Å². The van der Waals surface area contributed by atoms with Crippen LogP contribution >= 0.6 is 11.8 Å². The van der Waals surface area contributed by atoms with Gasteiger partial charge in [0.1, 0.15) is 5.69 Å². The van der Waals surface area contributed by atoms with Crippen molar-refractivity contribution >= 4 is 17.7 Å². The van der Waals surface area contributed by atoms with Gasteiger partial charge in [-0.1, -0.05) is 11.8 Å². The van der Waals surface area contributed by atoms with Crippen LogP contribution in [0, 0.1) is 0 Å². The number of halogens is 3. The van der Waals surface area contributed by atoms with Gasteiger partial charge >= 0.3 is 6.18 Å². The van der Waals surface area contributed by atoms with Crippen molar-refractivity contribution in [3.8, 4) is 0 Å². The van der Waals surface area contributed by atoms with E-state index in [2.05, 4.69) is 9.97 Å². The number of hydrogen-bond acceptors (Lipinski definition) is 4. The summed E-state index contributed by atoms with van der Waals surface area (Å²) in [5, 5.41) is -0.0256. The molecule has 0 unspecified atom stereocenters. The molecule has 1 aliphatic heterocycles. The Morgan fingerprint density at radius 3 is 2.68 bits per heavy atom. The summed E-state index contributed by atoms with van der Waals surface area (Å²) in [6, 6.07) is 0.812. The van der Waals surface area contributed by atoms with Crippen molar-refractivity contribution in [3.05, 3.63) is 18.0 Å². The normalized spacial score (nSPS) is 15.8. The van der Waals surface area contributed by atoms with Crippen molar-refractivity contribution in [2.75, 3.05) is 18.8 Å². The number of carbonyl (C=O) groups is 1.